The Morgan fingerprint density at radius 2 is 1.68 bits per heavy atom. The fraction of sp³-hybridized carbons (Fsp3) is 0.333. The van der Waals surface area contributed by atoms with E-state index in [1.165, 1.54) is 5.56 Å². The van der Waals surface area contributed by atoms with Crippen LogP contribution in [0.2, 0.25) is 5.02 Å². The van der Waals surface area contributed by atoms with Crippen molar-refractivity contribution in [2.75, 3.05) is 13.1 Å². The maximum absolute atomic E-state index is 10.1. The van der Waals surface area contributed by atoms with Gasteiger partial charge in [0.15, 0.2) is 0 Å². The first-order chi connectivity index (χ1) is 10.6. The van der Waals surface area contributed by atoms with E-state index in [9.17, 15) is 5.11 Å². The van der Waals surface area contributed by atoms with Crippen molar-refractivity contribution in [3.63, 3.8) is 0 Å². The molecule has 1 unspecified atom stereocenters. The average Bonchev–Trinajstić information content (AvgIpc) is 2.54. The van der Waals surface area contributed by atoms with Crippen LogP contribution in [0.1, 0.15) is 11.1 Å². The highest BCUT2D eigenvalue weighted by Gasteiger charge is 2.14. The van der Waals surface area contributed by atoms with Crippen molar-refractivity contribution in [2.45, 2.75) is 25.0 Å². The summed E-state index contributed by atoms with van der Waals surface area (Å²) < 4.78 is 0. The molecule has 0 bridgehead atoms. The van der Waals surface area contributed by atoms with E-state index >= 15 is 0 Å². The molecule has 4 N–H and O–H groups in total. The van der Waals surface area contributed by atoms with Gasteiger partial charge in [-0.2, -0.15) is 0 Å². The third kappa shape index (κ3) is 5.78. The van der Waals surface area contributed by atoms with Crippen LogP contribution in [0.4, 0.5) is 0 Å². The van der Waals surface area contributed by atoms with Crippen LogP contribution >= 0.6 is 11.6 Å². The molecule has 4 heteroatoms. The van der Waals surface area contributed by atoms with E-state index in [0.717, 1.165) is 23.6 Å². The van der Waals surface area contributed by atoms with Gasteiger partial charge in [-0.05, 0) is 42.6 Å². The first-order valence-electron chi connectivity index (χ1n) is 7.58. The zero-order valence-electron chi connectivity index (χ0n) is 12.6. The fourth-order valence-electron chi connectivity index (χ4n) is 2.31. The number of hydrogen-bond donors (Lipinski definition) is 3. The van der Waals surface area contributed by atoms with Gasteiger partial charge in [-0.15, -0.1) is 0 Å². The summed E-state index contributed by atoms with van der Waals surface area (Å²) in [5.74, 6) is 0. The van der Waals surface area contributed by atoms with Crippen LogP contribution in [-0.4, -0.2) is 30.3 Å². The second-order valence-corrected chi connectivity index (χ2v) is 5.94. The van der Waals surface area contributed by atoms with Gasteiger partial charge in [-0.3, -0.25) is 0 Å². The van der Waals surface area contributed by atoms with Crippen LogP contribution in [0.5, 0.6) is 0 Å². The van der Waals surface area contributed by atoms with E-state index < -0.39 is 6.10 Å². The normalized spacial score (nSPS) is 13.8. The lowest BCUT2D eigenvalue weighted by molar-refractivity contribution is 0.142. The second-order valence-electron chi connectivity index (χ2n) is 5.50. The van der Waals surface area contributed by atoms with Gasteiger partial charge in [0, 0.05) is 17.6 Å². The van der Waals surface area contributed by atoms with Gasteiger partial charge >= 0.3 is 0 Å². The van der Waals surface area contributed by atoms with E-state index in [0.29, 0.717) is 13.0 Å². The van der Waals surface area contributed by atoms with Crippen molar-refractivity contribution in [2.24, 2.45) is 5.73 Å². The monoisotopic (exact) mass is 318 g/mol. The van der Waals surface area contributed by atoms with Crippen molar-refractivity contribution < 1.29 is 5.11 Å². The van der Waals surface area contributed by atoms with Gasteiger partial charge in [-0.1, -0.05) is 54.1 Å². The number of benzene rings is 2. The Labute approximate surface area is 137 Å². The molecule has 0 aliphatic heterocycles. The maximum Gasteiger partial charge on any atom is 0.0818 e. The van der Waals surface area contributed by atoms with Crippen LogP contribution in [0.15, 0.2) is 54.6 Å². The number of nitrogens with two attached hydrogens (primary N) is 1. The van der Waals surface area contributed by atoms with E-state index in [-0.39, 0.29) is 6.04 Å². The maximum atomic E-state index is 10.1. The van der Waals surface area contributed by atoms with Crippen LogP contribution in [0.3, 0.4) is 0 Å². The molecular weight excluding hydrogens is 296 g/mol. The fourth-order valence-corrected chi connectivity index (χ4v) is 2.43. The summed E-state index contributed by atoms with van der Waals surface area (Å²) in [7, 11) is 0. The van der Waals surface area contributed by atoms with Gasteiger partial charge in [0.25, 0.3) is 0 Å². The van der Waals surface area contributed by atoms with E-state index in [1.807, 2.05) is 54.6 Å². The summed E-state index contributed by atoms with van der Waals surface area (Å²) in [6.45, 7) is 1.30. The third-order valence-electron chi connectivity index (χ3n) is 3.67. The van der Waals surface area contributed by atoms with Crippen LogP contribution in [0, 0.1) is 0 Å². The lowest BCUT2D eigenvalue weighted by Gasteiger charge is -2.19. The summed E-state index contributed by atoms with van der Waals surface area (Å²) in [6.07, 6.45) is 1.03. The number of hydrogen-bond acceptors (Lipinski definition) is 3. The van der Waals surface area contributed by atoms with Crippen molar-refractivity contribution in [1.29, 1.82) is 0 Å². The molecule has 0 aliphatic carbocycles. The Balaban J connectivity index is 1.66. The highest BCUT2D eigenvalue weighted by atomic mass is 35.5. The van der Waals surface area contributed by atoms with Crippen LogP contribution in [-0.2, 0) is 12.8 Å². The van der Waals surface area contributed by atoms with Crippen molar-refractivity contribution in [1.82, 2.24) is 5.32 Å². The zero-order valence-corrected chi connectivity index (χ0v) is 13.3. The minimum atomic E-state index is -0.551. The number of aliphatic hydroxyl groups is 1. The molecule has 0 amide bonds. The topological polar surface area (TPSA) is 58.3 Å². The molecule has 0 aromatic heterocycles. The molecule has 2 aromatic rings. The molecule has 3 nitrogen and oxygen atoms in total. The summed E-state index contributed by atoms with van der Waals surface area (Å²) in [4.78, 5) is 0. The highest BCUT2D eigenvalue weighted by Crippen LogP contribution is 2.09. The van der Waals surface area contributed by atoms with Gasteiger partial charge in [0.05, 0.1) is 6.10 Å². The summed E-state index contributed by atoms with van der Waals surface area (Å²) >= 11 is 5.85. The Kier molecular flexibility index (Phi) is 6.87. The number of nitrogens with one attached hydrogen (secondary N) is 1. The molecule has 2 atom stereocenters. The molecule has 0 aliphatic rings. The molecule has 0 heterocycles. The molecule has 2 aromatic carbocycles. The minimum Gasteiger partial charge on any atom is -0.390 e. The average molecular weight is 319 g/mol. The minimum absolute atomic E-state index is 0.259. The van der Waals surface area contributed by atoms with Gasteiger partial charge in [0.2, 0.25) is 0 Å². The first kappa shape index (κ1) is 17.0. The van der Waals surface area contributed by atoms with Gasteiger partial charge in [0.1, 0.15) is 0 Å². The molecule has 0 radical (unpaired) electrons. The van der Waals surface area contributed by atoms with Crippen molar-refractivity contribution >= 4 is 11.6 Å². The standard InChI is InChI=1S/C18H23ClN2O/c19-16-8-6-14(7-9-16)10-11-21-13-18(22)17(20)12-15-4-2-1-3-5-15/h1-9,17-18,21-22H,10-13,20H2/t17?,18-/m0/s1. The van der Waals surface area contributed by atoms with Crippen LogP contribution < -0.4 is 11.1 Å². The molecule has 0 spiro atoms. The predicted molar refractivity (Wildman–Crippen MR) is 92.2 cm³/mol. The van der Waals surface area contributed by atoms with E-state index in [1.54, 1.807) is 0 Å². The highest BCUT2D eigenvalue weighted by molar-refractivity contribution is 6.30. The summed E-state index contributed by atoms with van der Waals surface area (Å²) in [6, 6.07) is 17.6. The molecule has 0 fully saturated rings. The summed E-state index contributed by atoms with van der Waals surface area (Å²) in [5.41, 5.74) is 8.43. The molecular formula is C18H23ClN2O. The summed E-state index contributed by atoms with van der Waals surface area (Å²) in [5, 5.41) is 14.1. The largest absolute Gasteiger partial charge is 0.390 e. The Hall–Kier alpha value is -1.39. The van der Waals surface area contributed by atoms with Crippen molar-refractivity contribution in [3.8, 4) is 0 Å². The number of aliphatic hydroxyl groups excluding tert-OH is 1. The third-order valence-corrected chi connectivity index (χ3v) is 3.92. The molecule has 118 valence electrons. The Morgan fingerprint density at radius 1 is 1.00 bits per heavy atom. The van der Waals surface area contributed by atoms with Crippen LogP contribution in [0.25, 0.3) is 0 Å². The van der Waals surface area contributed by atoms with Gasteiger partial charge in [-0.25, -0.2) is 0 Å². The quantitative estimate of drug-likeness (QED) is 0.655. The Bertz CT molecular complexity index is 545. The first-order valence-corrected chi connectivity index (χ1v) is 7.95. The molecule has 2 rings (SSSR count). The molecule has 0 saturated heterocycles. The second kappa shape index (κ2) is 8.91. The SMILES string of the molecule is NC(Cc1ccccc1)[C@@H](O)CNCCc1ccc(Cl)cc1. The number of rotatable bonds is 8. The van der Waals surface area contributed by atoms with Crippen molar-refractivity contribution in [3.05, 3.63) is 70.7 Å². The zero-order chi connectivity index (χ0) is 15.8. The van der Waals surface area contributed by atoms with Gasteiger partial charge < -0.3 is 16.2 Å². The number of halogens is 1. The lowest BCUT2D eigenvalue weighted by Crippen LogP contribution is -2.43. The smallest absolute Gasteiger partial charge is 0.0818 e. The molecule has 0 saturated carbocycles. The van der Waals surface area contributed by atoms with E-state index in [2.05, 4.69) is 5.32 Å². The molecule has 22 heavy (non-hydrogen) atoms. The lowest BCUT2D eigenvalue weighted by atomic mass is 10.0. The predicted octanol–water partition coefficient (Wildman–Crippen LogP) is 2.40. The van der Waals surface area contributed by atoms with E-state index in [4.69, 9.17) is 17.3 Å². The Morgan fingerprint density at radius 3 is 2.36 bits per heavy atom.